The Balaban J connectivity index is 2.22. The highest BCUT2D eigenvalue weighted by Crippen LogP contribution is 2.32. The van der Waals surface area contributed by atoms with Crippen molar-refractivity contribution in [3.8, 4) is 0 Å². The summed E-state index contributed by atoms with van der Waals surface area (Å²) in [5.41, 5.74) is 0. The van der Waals surface area contributed by atoms with Gasteiger partial charge in [-0.25, -0.2) is 0 Å². The van der Waals surface area contributed by atoms with Crippen molar-refractivity contribution in [2.75, 3.05) is 0 Å². The van der Waals surface area contributed by atoms with Crippen molar-refractivity contribution < 1.29 is 4.79 Å². The van der Waals surface area contributed by atoms with E-state index in [0.29, 0.717) is 12.3 Å². The second-order valence-corrected chi connectivity index (χ2v) is 4.39. The quantitative estimate of drug-likeness (QED) is 0.501. The maximum Gasteiger partial charge on any atom is 0.221 e. The number of carbonyl (C=O) groups excluding carboxylic acids is 1. The molecule has 1 fully saturated rings. The van der Waals surface area contributed by atoms with E-state index in [1.807, 2.05) is 6.08 Å². The predicted octanol–water partition coefficient (Wildman–Crippen LogP) is 3.52. The number of carbonyl (C=O) groups is 1. The molecule has 1 aliphatic carbocycles. The zero-order valence-corrected chi connectivity index (χ0v) is 8.72. The summed E-state index contributed by atoms with van der Waals surface area (Å²) in [5, 5.41) is -0.174. The third-order valence-corrected chi connectivity index (χ3v) is 3.07. The summed E-state index contributed by atoms with van der Waals surface area (Å²) in [6.45, 7) is 3.75. The van der Waals surface area contributed by atoms with E-state index < -0.39 is 0 Å². The first-order valence-corrected chi connectivity index (χ1v) is 5.39. The molecule has 0 amide bonds. The van der Waals surface area contributed by atoms with Gasteiger partial charge in [0.15, 0.2) is 0 Å². The molecule has 0 aromatic rings. The largest absolute Gasteiger partial charge is 0.281 e. The fraction of sp³-hybridized carbons (Fsp3) is 0.727. The zero-order chi connectivity index (χ0) is 9.68. The molecule has 0 bridgehead atoms. The van der Waals surface area contributed by atoms with Crippen molar-refractivity contribution in [2.45, 2.75) is 38.5 Å². The molecule has 0 radical (unpaired) electrons. The highest BCUT2D eigenvalue weighted by atomic mass is 35.5. The molecule has 13 heavy (non-hydrogen) atoms. The summed E-state index contributed by atoms with van der Waals surface area (Å²) >= 11 is 5.35. The van der Waals surface area contributed by atoms with E-state index in [2.05, 4.69) is 6.58 Å². The van der Waals surface area contributed by atoms with E-state index in [1.165, 1.54) is 12.8 Å². The van der Waals surface area contributed by atoms with E-state index in [4.69, 9.17) is 11.6 Å². The van der Waals surface area contributed by atoms with Crippen LogP contribution < -0.4 is 0 Å². The smallest absolute Gasteiger partial charge is 0.221 e. The van der Waals surface area contributed by atoms with E-state index >= 15 is 0 Å². The van der Waals surface area contributed by atoms with Crippen LogP contribution in [-0.2, 0) is 4.79 Å². The SMILES string of the molecule is C=CC[C@H]1CC[C@H](CC(=O)Cl)CC1. The number of halogens is 1. The highest BCUT2D eigenvalue weighted by molar-refractivity contribution is 6.63. The van der Waals surface area contributed by atoms with Gasteiger partial charge in [0.05, 0.1) is 0 Å². The van der Waals surface area contributed by atoms with E-state index in [0.717, 1.165) is 25.2 Å². The third-order valence-electron chi connectivity index (χ3n) is 2.92. The van der Waals surface area contributed by atoms with E-state index in [-0.39, 0.29) is 5.24 Å². The molecule has 1 rings (SSSR count). The summed E-state index contributed by atoms with van der Waals surface area (Å²) in [7, 11) is 0. The average molecular weight is 201 g/mol. The minimum Gasteiger partial charge on any atom is -0.281 e. The van der Waals surface area contributed by atoms with Crippen LogP contribution in [0.2, 0.25) is 0 Å². The Morgan fingerprint density at radius 3 is 2.31 bits per heavy atom. The van der Waals surface area contributed by atoms with Gasteiger partial charge in [0.1, 0.15) is 0 Å². The zero-order valence-electron chi connectivity index (χ0n) is 7.97. The second-order valence-electron chi connectivity index (χ2n) is 3.97. The molecule has 2 heteroatoms. The van der Waals surface area contributed by atoms with Crippen molar-refractivity contribution in [2.24, 2.45) is 11.8 Å². The molecule has 0 spiro atoms. The topological polar surface area (TPSA) is 17.1 Å². The monoisotopic (exact) mass is 200 g/mol. The van der Waals surface area contributed by atoms with Gasteiger partial charge in [-0.1, -0.05) is 6.08 Å². The number of hydrogen-bond donors (Lipinski definition) is 0. The fourth-order valence-electron chi connectivity index (χ4n) is 2.13. The molecule has 1 aliphatic rings. The molecule has 0 aromatic carbocycles. The van der Waals surface area contributed by atoms with Gasteiger partial charge in [-0.3, -0.25) is 4.79 Å². The molecular weight excluding hydrogens is 184 g/mol. The lowest BCUT2D eigenvalue weighted by molar-refractivity contribution is -0.112. The Morgan fingerprint density at radius 1 is 1.31 bits per heavy atom. The normalized spacial score (nSPS) is 28.4. The van der Waals surface area contributed by atoms with Crippen molar-refractivity contribution in [3.63, 3.8) is 0 Å². The lowest BCUT2D eigenvalue weighted by Crippen LogP contribution is -2.15. The van der Waals surface area contributed by atoms with Crippen molar-refractivity contribution in [1.82, 2.24) is 0 Å². The summed E-state index contributed by atoms with van der Waals surface area (Å²) < 4.78 is 0. The Morgan fingerprint density at radius 2 is 1.85 bits per heavy atom. The standard InChI is InChI=1S/C11H17ClO/c1-2-3-9-4-6-10(7-5-9)8-11(12)13/h2,9-10H,1,3-8H2/t9-,10-. The molecule has 0 aromatic heterocycles. The molecule has 74 valence electrons. The maximum atomic E-state index is 10.7. The van der Waals surface area contributed by atoms with Crippen LogP contribution in [0.15, 0.2) is 12.7 Å². The lowest BCUT2D eigenvalue weighted by atomic mass is 9.79. The van der Waals surface area contributed by atoms with Gasteiger partial charge in [-0.05, 0) is 55.5 Å². The summed E-state index contributed by atoms with van der Waals surface area (Å²) in [6.07, 6.45) is 8.50. The van der Waals surface area contributed by atoms with E-state index in [9.17, 15) is 4.79 Å². The number of hydrogen-bond acceptors (Lipinski definition) is 1. The first-order valence-electron chi connectivity index (χ1n) is 5.01. The molecule has 0 aliphatic heterocycles. The molecule has 0 atom stereocenters. The van der Waals surface area contributed by atoms with Crippen molar-refractivity contribution in [3.05, 3.63) is 12.7 Å². The first kappa shape index (κ1) is 10.8. The molecule has 1 saturated carbocycles. The van der Waals surface area contributed by atoms with Gasteiger partial charge in [0.25, 0.3) is 0 Å². The number of allylic oxidation sites excluding steroid dienone is 1. The van der Waals surface area contributed by atoms with Crippen LogP contribution in [0.4, 0.5) is 0 Å². The maximum absolute atomic E-state index is 10.7. The van der Waals surface area contributed by atoms with Crippen LogP contribution in [-0.4, -0.2) is 5.24 Å². The van der Waals surface area contributed by atoms with Crippen LogP contribution in [0.25, 0.3) is 0 Å². The van der Waals surface area contributed by atoms with Crippen molar-refractivity contribution in [1.29, 1.82) is 0 Å². The van der Waals surface area contributed by atoms with Gasteiger partial charge >= 0.3 is 0 Å². The summed E-state index contributed by atoms with van der Waals surface area (Å²) in [5.74, 6) is 1.35. The van der Waals surface area contributed by atoms with Gasteiger partial charge in [0, 0.05) is 6.42 Å². The molecule has 0 saturated heterocycles. The second kappa shape index (κ2) is 5.43. The minimum atomic E-state index is -0.174. The third kappa shape index (κ3) is 3.95. The minimum absolute atomic E-state index is 0.174. The molecule has 1 nitrogen and oxygen atoms in total. The van der Waals surface area contributed by atoms with Crippen LogP contribution in [0.3, 0.4) is 0 Å². The lowest BCUT2D eigenvalue weighted by Gasteiger charge is -2.26. The first-order chi connectivity index (χ1) is 6.22. The molecule has 0 N–H and O–H groups in total. The highest BCUT2D eigenvalue weighted by Gasteiger charge is 2.21. The van der Waals surface area contributed by atoms with Crippen molar-refractivity contribution >= 4 is 16.8 Å². The average Bonchev–Trinajstić information content (AvgIpc) is 2.08. The molecule has 0 unspecified atom stereocenters. The van der Waals surface area contributed by atoms with Gasteiger partial charge < -0.3 is 0 Å². The van der Waals surface area contributed by atoms with Crippen LogP contribution >= 0.6 is 11.6 Å². The van der Waals surface area contributed by atoms with Crippen LogP contribution in [0.5, 0.6) is 0 Å². The summed E-state index contributed by atoms with van der Waals surface area (Å²) in [6, 6.07) is 0. The molecule has 0 heterocycles. The Hall–Kier alpha value is -0.300. The predicted molar refractivity (Wildman–Crippen MR) is 55.7 cm³/mol. The Bertz CT molecular complexity index is 181. The van der Waals surface area contributed by atoms with Crippen LogP contribution in [0, 0.1) is 11.8 Å². The molecular formula is C11H17ClO. The van der Waals surface area contributed by atoms with Crippen LogP contribution in [0.1, 0.15) is 38.5 Å². The number of rotatable bonds is 4. The summed E-state index contributed by atoms with van der Waals surface area (Å²) in [4.78, 5) is 10.7. The van der Waals surface area contributed by atoms with E-state index in [1.54, 1.807) is 0 Å². The Kier molecular flexibility index (Phi) is 4.51. The van der Waals surface area contributed by atoms with Gasteiger partial charge in [0.2, 0.25) is 5.24 Å². The van der Waals surface area contributed by atoms with Gasteiger partial charge in [-0.15, -0.1) is 6.58 Å². The Labute approximate surface area is 85.2 Å². The fourth-order valence-corrected chi connectivity index (χ4v) is 2.35. The van der Waals surface area contributed by atoms with Gasteiger partial charge in [-0.2, -0.15) is 0 Å².